The van der Waals surface area contributed by atoms with Gasteiger partial charge in [0.25, 0.3) is 0 Å². The Bertz CT molecular complexity index is 473. The zero-order valence-electron chi connectivity index (χ0n) is 15.9. The number of nitrogens with zero attached hydrogens (tertiary/aromatic N) is 2. The Balaban J connectivity index is 1.89. The average molecular weight is 334 g/mol. The van der Waals surface area contributed by atoms with Crippen LogP contribution in [0.5, 0.6) is 0 Å². The van der Waals surface area contributed by atoms with Gasteiger partial charge in [0.2, 0.25) is 0 Å². The molecule has 0 saturated carbocycles. The minimum Gasteiger partial charge on any atom is -0.468 e. The maximum atomic E-state index is 5.63. The van der Waals surface area contributed by atoms with Gasteiger partial charge in [-0.2, -0.15) is 0 Å². The molecule has 2 rings (SSSR count). The normalized spacial score (nSPS) is 18.9. The van der Waals surface area contributed by atoms with Crippen molar-refractivity contribution in [2.75, 3.05) is 33.7 Å². The van der Waals surface area contributed by atoms with Gasteiger partial charge in [0.15, 0.2) is 0 Å². The molecule has 4 nitrogen and oxygen atoms in total. The Morgan fingerprint density at radius 3 is 2.67 bits per heavy atom. The zero-order valence-corrected chi connectivity index (χ0v) is 15.9. The summed E-state index contributed by atoms with van der Waals surface area (Å²) in [5, 5.41) is 3.73. The van der Waals surface area contributed by atoms with E-state index in [2.05, 4.69) is 55.7 Å². The number of allylic oxidation sites excluding steroid dienone is 1. The van der Waals surface area contributed by atoms with Gasteiger partial charge >= 0.3 is 0 Å². The summed E-state index contributed by atoms with van der Waals surface area (Å²) in [4.78, 5) is 5.00. The maximum absolute atomic E-state index is 5.63. The fourth-order valence-corrected chi connectivity index (χ4v) is 3.59. The molecule has 0 aromatic carbocycles. The third-order valence-corrected chi connectivity index (χ3v) is 5.38. The van der Waals surface area contributed by atoms with Crippen LogP contribution in [0.2, 0.25) is 0 Å². The molecule has 1 aromatic rings. The first kappa shape index (κ1) is 19.2. The van der Waals surface area contributed by atoms with Crippen molar-refractivity contribution in [2.45, 2.75) is 57.2 Å². The molecule has 1 aromatic heterocycles. The maximum Gasteiger partial charge on any atom is 0.120 e. The lowest BCUT2D eigenvalue weighted by Crippen LogP contribution is -2.55. The lowest BCUT2D eigenvalue weighted by Gasteiger charge is -2.44. The molecule has 0 aliphatic carbocycles. The topological polar surface area (TPSA) is 31.6 Å². The van der Waals surface area contributed by atoms with Crippen molar-refractivity contribution >= 4 is 0 Å². The third-order valence-electron chi connectivity index (χ3n) is 5.38. The predicted octanol–water partition coefficient (Wildman–Crippen LogP) is 3.68. The standard InChI is InChI=1S/C20H35N3O/c1-6-7-9-18(19-10-8-15-24-19)21-16-20(2,3)23-13-11-17(12-14-23)22(4)5/h6,8,10,15,17-18,21H,1,7,9,11-14,16H2,2-5H3/t18-/m1/s1. The molecule has 24 heavy (non-hydrogen) atoms. The first-order valence-corrected chi connectivity index (χ1v) is 9.23. The Labute approximate surface area is 147 Å². The van der Waals surface area contributed by atoms with Crippen LogP contribution in [-0.4, -0.2) is 55.1 Å². The van der Waals surface area contributed by atoms with Crippen molar-refractivity contribution in [1.29, 1.82) is 0 Å². The monoisotopic (exact) mass is 333 g/mol. The van der Waals surface area contributed by atoms with Gasteiger partial charge in [0.05, 0.1) is 12.3 Å². The quantitative estimate of drug-likeness (QED) is 0.699. The van der Waals surface area contributed by atoms with Crippen LogP contribution in [0.15, 0.2) is 35.5 Å². The van der Waals surface area contributed by atoms with Gasteiger partial charge in [-0.15, -0.1) is 6.58 Å². The van der Waals surface area contributed by atoms with Gasteiger partial charge < -0.3 is 14.6 Å². The molecule has 0 unspecified atom stereocenters. The highest BCUT2D eigenvalue weighted by Gasteiger charge is 2.31. The van der Waals surface area contributed by atoms with Crippen LogP contribution in [0.25, 0.3) is 0 Å². The summed E-state index contributed by atoms with van der Waals surface area (Å²) in [6.45, 7) is 11.9. The first-order chi connectivity index (χ1) is 11.4. The Hall–Kier alpha value is -1.10. The molecule has 1 aliphatic rings. The summed E-state index contributed by atoms with van der Waals surface area (Å²) < 4.78 is 5.63. The number of piperidine rings is 1. The van der Waals surface area contributed by atoms with Gasteiger partial charge in [0, 0.05) is 31.2 Å². The molecule has 4 heteroatoms. The molecule has 1 aliphatic heterocycles. The molecule has 0 spiro atoms. The number of likely N-dealkylation sites (tertiary alicyclic amines) is 1. The van der Waals surface area contributed by atoms with Gasteiger partial charge in [-0.1, -0.05) is 6.08 Å². The minimum atomic E-state index is 0.149. The summed E-state index contributed by atoms with van der Waals surface area (Å²) in [5.41, 5.74) is 0.149. The molecular weight excluding hydrogens is 298 g/mol. The average Bonchev–Trinajstić information content (AvgIpc) is 3.09. The zero-order chi connectivity index (χ0) is 17.6. The lowest BCUT2D eigenvalue weighted by atomic mass is 9.95. The van der Waals surface area contributed by atoms with E-state index in [1.165, 1.54) is 25.9 Å². The fourth-order valence-electron chi connectivity index (χ4n) is 3.59. The number of hydrogen-bond donors (Lipinski definition) is 1. The third kappa shape index (κ3) is 5.20. The van der Waals surface area contributed by atoms with Crippen molar-refractivity contribution in [3.05, 3.63) is 36.8 Å². The van der Waals surface area contributed by atoms with Crippen LogP contribution >= 0.6 is 0 Å². The van der Waals surface area contributed by atoms with Crippen molar-refractivity contribution < 1.29 is 4.42 Å². The van der Waals surface area contributed by atoms with E-state index in [0.29, 0.717) is 0 Å². The smallest absolute Gasteiger partial charge is 0.120 e. The van der Waals surface area contributed by atoms with E-state index in [1.807, 2.05) is 12.1 Å². The van der Waals surface area contributed by atoms with E-state index in [-0.39, 0.29) is 11.6 Å². The molecule has 1 atom stereocenters. The Morgan fingerprint density at radius 1 is 1.42 bits per heavy atom. The van der Waals surface area contributed by atoms with Gasteiger partial charge in [0.1, 0.15) is 5.76 Å². The first-order valence-electron chi connectivity index (χ1n) is 9.23. The Morgan fingerprint density at radius 2 is 2.12 bits per heavy atom. The molecule has 1 fully saturated rings. The fraction of sp³-hybridized carbons (Fsp3) is 0.700. The van der Waals surface area contributed by atoms with E-state index < -0.39 is 0 Å². The highest BCUT2D eigenvalue weighted by Crippen LogP contribution is 2.24. The second kappa shape index (κ2) is 8.84. The molecule has 2 heterocycles. The van der Waals surface area contributed by atoms with Crippen molar-refractivity contribution in [3.63, 3.8) is 0 Å². The van der Waals surface area contributed by atoms with Gasteiger partial charge in [-0.3, -0.25) is 4.90 Å². The van der Waals surface area contributed by atoms with Crippen LogP contribution in [-0.2, 0) is 0 Å². The number of hydrogen-bond acceptors (Lipinski definition) is 4. The van der Waals surface area contributed by atoms with Crippen LogP contribution < -0.4 is 5.32 Å². The number of nitrogens with one attached hydrogen (secondary N) is 1. The van der Waals surface area contributed by atoms with E-state index >= 15 is 0 Å². The molecule has 0 radical (unpaired) electrons. The summed E-state index contributed by atoms with van der Waals surface area (Å²) in [6.07, 6.45) is 8.27. The van der Waals surface area contributed by atoms with Gasteiger partial charge in [-0.25, -0.2) is 0 Å². The number of rotatable bonds is 9. The van der Waals surface area contributed by atoms with Crippen molar-refractivity contribution in [3.8, 4) is 0 Å². The van der Waals surface area contributed by atoms with Crippen LogP contribution in [0.1, 0.15) is 51.3 Å². The lowest BCUT2D eigenvalue weighted by molar-refractivity contribution is 0.0593. The molecular formula is C20H35N3O. The minimum absolute atomic E-state index is 0.149. The molecule has 0 amide bonds. The highest BCUT2D eigenvalue weighted by atomic mass is 16.3. The van der Waals surface area contributed by atoms with Crippen molar-refractivity contribution in [1.82, 2.24) is 15.1 Å². The second-order valence-electron chi connectivity index (χ2n) is 7.81. The number of furan rings is 1. The van der Waals surface area contributed by atoms with Gasteiger partial charge in [-0.05, 0) is 65.8 Å². The predicted molar refractivity (Wildman–Crippen MR) is 101 cm³/mol. The summed E-state index contributed by atoms with van der Waals surface area (Å²) in [7, 11) is 4.39. The summed E-state index contributed by atoms with van der Waals surface area (Å²) in [5.74, 6) is 1.03. The van der Waals surface area contributed by atoms with Crippen LogP contribution in [0.4, 0.5) is 0 Å². The molecule has 1 N–H and O–H groups in total. The summed E-state index contributed by atoms with van der Waals surface area (Å²) >= 11 is 0. The van der Waals surface area contributed by atoms with Crippen LogP contribution in [0.3, 0.4) is 0 Å². The Kier molecular flexibility index (Phi) is 7.08. The SMILES string of the molecule is C=CCC[C@@H](NCC(C)(C)N1CCC(N(C)C)CC1)c1ccco1. The van der Waals surface area contributed by atoms with Crippen molar-refractivity contribution in [2.24, 2.45) is 0 Å². The van der Waals surface area contributed by atoms with E-state index in [1.54, 1.807) is 6.26 Å². The van der Waals surface area contributed by atoms with E-state index in [0.717, 1.165) is 31.2 Å². The largest absolute Gasteiger partial charge is 0.468 e. The summed E-state index contributed by atoms with van der Waals surface area (Å²) in [6, 6.07) is 5.02. The van der Waals surface area contributed by atoms with E-state index in [9.17, 15) is 0 Å². The van der Waals surface area contributed by atoms with E-state index in [4.69, 9.17) is 4.42 Å². The molecule has 136 valence electrons. The molecule has 1 saturated heterocycles. The second-order valence-corrected chi connectivity index (χ2v) is 7.81. The highest BCUT2D eigenvalue weighted by molar-refractivity contribution is 5.05. The molecule has 0 bridgehead atoms. The van der Waals surface area contributed by atoms with Crippen LogP contribution in [0, 0.1) is 0 Å².